The summed E-state index contributed by atoms with van der Waals surface area (Å²) in [6.45, 7) is 5.32. The summed E-state index contributed by atoms with van der Waals surface area (Å²) in [6, 6.07) is 10.00. The second-order valence-electron chi connectivity index (χ2n) is 8.63. The van der Waals surface area contributed by atoms with E-state index in [0.717, 1.165) is 50.5 Å². The van der Waals surface area contributed by atoms with Crippen LogP contribution in [-0.4, -0.2) is 61.7 Å². The first kappa shape index (κ1) is 25.7. The van der Waals surface area contributed by atoms with E-state index < -0.39 is 17.6 Å². The lowest BCUT2D eigenvalue weighted by molar-refractivity contribution is -0.137. The van der Waals surface area contributed by atoms with Crippen LogP contribution in [0.25, 0.3) is 0 Å². The second kappa shape index (κ2) is 11.0. The molecule has 0 saturated carbocycles. The van der Waals surface area contributed by atoms with Gasteiger partial charge in [0.2, 0.25) is 0 Å². The minimum atomic E-state index is -4.57. The number of halogens is 6. The number of hydrogen-bond acceptors (Lipinski definition) is 3. The topological polar surface area (TPSA) is 9.72 Å². The first-order valence-electron chi connectivity index (χ1n) is 11.1. The quantitative estimate of drug-likeness (QED) is 0.532. The Bertz CT molecular complexity index is 890. The molecule has 0 bridgehead atoms. The molecule has 2 aliphatic rings. The van der Waals surface area contributed by atoms with Crippen LogP contribution in [0.2, 0.25) is 0 Å². The van der Waals surface area contributed by atoms with Crippen molar-refractivity contribution < 1.29 is 22.0 Å². The summed E-state index contributed by atoms with van der Waals surface area (Å²) in [7, 11) is 0. The Labute approximate surface area is 197 Å². The fourth-order valence-electron chi connectivity index (χ4n) is 4.79. The van der Waals surface area contributed by atoms with Crippen molar-refractivity contribution in [3.8, 4) is 0 Å². The second-order valence-corrected chi connectivity index (χ2v) is 8.63. The van der Waals surface area contributed by atoms with Crippen molar-refractivity contribution in [3.63, 3.8) is 0 Å². The summed E-state index contributed by atoms with van der Waals surface area (Å²) < 4.78 is 66.5. The number of benzene rings is 2. The van der Waals surface area contributed by atoms with Crippen molar-refractivity contribution in [2.45, 2.75) is 31.5 Å². The van der Waals surface area contributed by atoms with Gasteiger partial charge in [-0.15, -0.1) is 12.4 Å². The normalized spacial score (nSPS) is 18.9. The summed E-state index contributed by atoms with van der Waals surface area (Å²) in [5, 5.41) is 0. The van der Waals surface area contributed by atoms with Crippen LogP contribution in [0.4, 0.5) is 27.6 Å². The van der Waals surface area contributed by atoms with E-state index in [2.05, 4.69) is 9.80 Å². The van der Waals surface area contributed by atoms with Gasteiger partial charge < -0.3 is 9.80 Å². The van der Waals surface area contributed by atoms with Gasteiger partial charge in [0.25, 0.3) is 0 Å². The highest BCUT2D eigenvalue weighted by molar-refractivity contribution is 5.85. The number of alkyl halides is 3. The average molecular weight is 490 g/mol. The van der Waals surface area contributed by atoms with Gasteiger partial charge in [-0.1, -0.05) is 12.1 Å². The van der Waals surface area contributed by atoms with Gasteiger partial charge in [-0.25, -0.2) is 8.78 Å². The summed E-state index contributed by atoms with van der Waals surface area (Å²) in [5.41, 5.74) is 0.290. The van der Waals surface area contributed by atoms with Gasteiger partial charge in [-0.2, -0.15) is 13.2 Å². The molecule has 2 aromatic carbocycles. The van der Waals surface area contributed by atoms with Gasteiger partial charge in [-0.3, -0.25) is 4.90 Å². The van der Waals surface area contributed by atoms with Gasteiger partial charge in [0, 0.05) is 44.5 Å². The summed E-state index contributed by atoms with van der Waals surface area (Å²) >= 11 is 0. The fraction of sp³-hybridized carbons (Fsp3) is 0.500. The molecule has 0 atom stereocenters. The van der Waals surface area contributed by atoms with Crippen LogP contribution >= 0.6 is 12.4 Å². The predicted octanol–water partition coefficient (Wildman–Crippen LogP) is 5.23. The molecule has 0 N–H and O–H groups in total. The van der Waals surface area contributed by atoms with Crippen LogP contribution in [0.1, 0.15) is 24.0 Å². The zero-order valence-electron chi connectivity index (χ0n) is 18.3. The molecule has 2 aliphatic heterocycles. The van der Waals surface area contributed by atoms with Crippen LogP contribution in [0.5, 0.6) is 0 Å². The molecule has 3 nitrogen and oxygen atoms in total. The van der Waals surface area contributed by atoms with E-state index in [1.807, 2.05) is 12.1 Å². The third-order valence-electron chi connectivity index (χ3n) is 6.62. The molecular formula is C24H29ClF5N3. The Balaban J connectivity index is 0.00000306. The Morgan fingerprint density at radius 2 is 1.39 bits per heavy atom. The number of piperazine rings is 1. The zero-order chi connectivity index (χ0) is 22.7. The Morgan fingerprint density at radius 1 is 0.788 bits per heavy atom. The highest BCUT2D eigenvalue weighted by Crippen LogP contribution is 2.37. The van der Waals surface area contributed by atoms with Crippen molar-refractivity contribution in [2.75, 3.05) is 50.7 Å². The van der Waals surface area contributed by atoms with Crippen molar-refractivity contribution in [1.29, 1.82) is 0 Å². The van der Waals surface area contributed by atoms with Gasteiger partial charge in [-0.05, 0) is 68.2 Å². The largest absolute Gasteiger partial charge is 0.418 e. The third-order valence-corrected chi connectivity index (χ3v) is 6.62. The molecule has 0 spiro atoms. The van der Waals surface area contributed by atoms with E-state index in [1.165, 1.54) is 18.2 Å². The molecule has 2 fully saturated rings. The number of likely N-dealkylation sites (tertiary alicyclic amines) is 1. The molecule has 9 heteroatoms. The standard InChI is InChI=1S/C24H28F5N3.ClH/c25-19-3-1-18(2-4-19)7-10-30-11-8-21(9-12-30)31-13-15-32(16-14-31)23-6-5-20(26)17-22(23)24(27,28)29;/h1-6,17,21H,7-16H2;1H. The summed E-state index contributed by atoms with van der Waals surface area (Å²) in [6.07, 6.45) is -1.61. The zero-order valence-corrected chi connectivity index (χ0v) is 19.1. The van der Waals surface area contributed by atoms with Crippen molar-refractivity contribution in [3.05, 3.63) is 65.2 Å². The number of rotatable bonds is 5. The molecule has 2 aromatic rings. The van der Waals surface area contributed by atoms with Crippen molar-refractivity contribution >= 4 is 18.1 Å². The van der Waals surface area contributed by atoms with E-state index in [1.54, 1.807) is 4.90 Å². The molecule has 4 rings (SSSR count). The van der Waals surface area contributed by atoms with Crippen LogP contribution in [0, 0.1) is 11.6 Å². The minimum absolute atomic E-state index is 0. The Morgan fingerprint density at radius 3 is 2.00 bits per heavy atom. The molecule has 0 amide bonds. The lowest BCUT2D eigenvalue weighted by Crippen LogP contribution is -2.53. The lowest BCUT2D eigenvalue weighted by atomic mass is 10.0. The van der Waals surface area contributed by atoms with E-state index in [-0.39, 0.29) is 23.9 Å². The maximum atomic E-state index is 13.4. The highest BCUT2D eigenvalue weighted by atomic mass is 35.5. The number of nitrogens with zero attached hydrogens (tertiary/aromatic N) is 3. The Hall–Kier alpha value is -1.90. The van der Waals surface area contributed by atoms with Gasteiger partial charge >= 0.3 is 6.18 Å². The highest BCUT2D eigenvalue weighted by Gasteiger charge is 2.36. The molecule has 2 saturated heterocycles. The van der Waals surface area contributed by atoms with E-state index in [0.29, 0.717) is 38.3 Å². The SMILES string of the molecule is Cl.Fc1ccc(CCN2CCC(N3CCN(c4ccc(F)cc4C(F)(F)F)CC3)CC2)cc1. The summed E-state index contributed by atoms with van der Waals surface area (Å²) in [5.74, 6) is -1.09. The molecule has 0 aliphatic carbocycles. The van der Waals surface area contributed by atoms with Gasteiger partial charge in [0.05, 0.1) is 5.56 Å². The number of piperidine rings is 1. The van der Waals surface area contributed by atoms with E-state index in [9.17, 15) is 22.0 Å². The monoisotopic (exact) mass is 489 g/mol. The molecular weight excluding hydrogens is 461 g/mol. The third kappa shape index (κ3) is 6.58. The fourth-order valence-corrected chi connectivity index (χ4v) is 4.79. The van der Waals surface area contributed by atoms with Crippen LogP contribution in [0.15, 0.2) is 42.5 Å². The first-order chi connectivity index (χ1) is 15.3. The smallest absolute Gasteiger partial charge is 0.368 e. The van der Waals surface area contributed by atoms with Crippen LogP contribution in [0.3, 0.4) is 0 Å². The summed E-state index contributed by atoms with van der Waals surface area (Å²) in [4.78, 5) is 6.52. The Kier molecular flexibility index (Phi) is 8.59. The number of hydrogen-bond donors (Lipinski definition) is 0. The van der Waals surface area contributed by atoms with E-state index in [4.69, 9.17) is 0 Å². The van der Waals surface area contributed by atoms with Gasteiger partial charge in [0.1, 0.15) is 11.6 Å². The first-order valence-corrected chi connectivity index (χ1v) is 11.1. The molecule has 33 heavy (non-hydrogen) atoms. The molecule has 0 aromatic heterocycles. The van der Waals surface area contributed by atoms with E-state index >= 15 is 0 Å². The van der Waals surface area contributed by atoms with Gasteiger partial charge in [0.15, 0.2) is 0 Å². The molecule has 182 valence electrons. The average Bonchev–Trinajstić information content (AvgIpc) is 2.79. The number of anilines is 1. The van der Waals surface area contributed by atoms with Crippen molar-refractivity contribution in [2.24, 2.45) is 0 Å². The minimum Gasteiger partial charge on any atom is -0.368 e. The molecule has 0 radical (unpaired) electrons. The maximum Gasteiger partial charge on any atom is 0.418 e. The maximum absolute atomic E-state index is 13.4. The van der Waals surface area contributed by atoms with Crippen LogP contribution < -0.4 is 4.90 Å². The molecule has 2 heterocycles. The van der Waals surface area contributed by atoms with Crippen LogP contribution in [-0.2, 0) is 12.6 Å². The molecule has 0 unspecified atom stereocenters. The van der Waals surface area contributed by atoms with Crippen molar-refractivity contribution in [1.82, 2.24) is 9.80 Å². The lowest BCUT2D eigenvalue weighted by Gasteiger charge is -2.43. The predicted molar refractivity (Wildman–Crippen MR) is 122 cm³/mol.